The molecule has 1 aromatic rings. The topological polar surface area (TPSA) is 17.1 Å². The molecular formula is C17H19FO. The maximum absolute atomic E-state index is 13.1. The highest BCUT2D eigenvalue weighted by Gasteiger charge is 2.36. The number of carbonyl (C=O) groups is 1. The van der Waals surface area contributed by atoms with Gasteiger partial charge in [0.05, 0.1) is 0 Å². The van der Waals surface area contributed by atoms with Crippen LogP contribution in [0.4, 0.5) is 4.39 Å². The molecule has 2 saturated carbocycles. The molecule has 1 atom stereocenters. The Morgan fingerprint density at radius 3 is 2.68 bits per heavy atom. The molecule has 3 rings (SSSR count). The maximum Gasteiger partial charge on any atom is 0.162 e. The van der Waals surface area contributed by atoms with Crippen LogP contribution >= 0.6 is 0 Å². The fourth-order valence-electron chi connectivity index (χ4n) is 3.55. The van der Waals surface area contributed by atoms with E-state index in [1.165, 1.54) is 37.8 Å². The first-order chi connectivity index (χ1) is 9.24. The van der Waals surface area contributed by atoms with Crippen molar-refractivity contribution in [3.05, 3.63) is 41.2 Å². The molecule has 0 heterocycles. The summed E-state index contributed by atoms with van der Waals surface area (Å²) in [4.78, 5) is 12.4. The molecule has 2 fully saturated rings. The number of benzene rings is 1. The third kappa shape index (κ3) is 2.63. The van der Waals surface area contributed by atoms with Gasteiger partial charge in [-0.1, -0.05) is 25.0 Å². The second kappa shape index (κ2) is 5.28. The molecule has 0 N–H and O–H groups in total. The number of carbonyl (C=O) groups excluding carboxylic acids is 1. The number of halogens is 1. The van der Waals surface area contributed by atoms with Gasteiger partial charge in [0.25, 0.3) is 0 Å². The molecule has 0 bridgehead atoms. The highest BCUT2D eigenvalue weighted by atomic mass is 19.1. The van der Waals surface area contributed by atoms with Crippen LogP contribution in [0.3, 0.4) is 0 Å². The molecule has 0 unspecified atom stereocenters. The molecule has 2 aliphatic rings. The van der Waals surface area contributed by atoms with Crippen LogP contribution in [-0.2, 0) is 4.79 Å². The minimum absolute atomic E-state index is 0.238. The van der Waals surface area contributed by atoms with E-state index in [-0.39, 0.29) is 11.7 Å². The molecule has 1 nitrogen and oxygen atoms in total. The summed E-state index contributed by atoms with van der Waals surface area (Å²) >= 11 is 0. The quantitative estimate of drug-likeness (QED) is 0.719. The van der Waals surface area contributed by atoms with Crippen molar-refractivity contribution in [3.63, 3.8) is 0 Å². The summed E-state index contributed by atoms with van der Waals surface area (Å²) in [7, 11) is 0. The molecule has 0 aromatic heterocycles. The largest absolute Gasteiger partial charge is 0.294 e. The zero-order chi connectivity index (χ0) is 13.2. The van der Waals surface area contributed by atoms with E-state index in [1.807, 2.05) is 12.1 Å². The maximum atomic E-state index is 13.1. The molecule has 1 aromatic carbocycles. The van der Waals surface area contributed by atoms with Gasteiger partial charge in [-0.25, -0.2) is 4.39 Å². The third-order valence-electron chi connectivity index (χ3n) is 4.54. The molecule has 0 aliphatic heterocycles. The predicted octanol–water partition coefficient (Wildman–Crippen LogP) is 4.38. The second-order valence-electron chi connectivity index (χ2n) is 5.78. The third-order valence-corrected chi connectivity index (χ3v) is 4.54. The standard InChI is InChI=1S/C17H19FO/c18-15-7-3-4-12(11-15)10-14-8-9-16(17(14)19)13-5-1-2-6-13/h3-4,7,10-11,13,16H,1-2,5-6,8-9H2/b14-10+/t16-/m0/s1. The van der Waals surface area contributed by atoms with Gasteiger partial charge < -0.3 is 0 Å². The van der Waals surface area contributed by atoms with Gasteiger partial charge in [-0.15, -0.1) is 0 Å². The van der Waals surface area contributed by atoms with Crippen molar-refractivity contribution in [1.82, 2.24) is 0 Å². The van der Waals surface area contributed by atoms with Crippen molar-refractivity contribution in [2.75, 3.05) is 0 Å². The van der Waals surface area contributed by atoms with Crippen molar-refractivity contribution in [2.24, 2.45) is 11.8 Å². The lowest BCUT2D eigenvalue weighted by Crippen LogP contribution is -2.16. The lowest BCUT2D eigenvalue weighted by Gasteiger charge is -2.15. The van der Waals surface area contributed by atoms with E-state index in [0.717, 1.165) is 24.0 Å². The highest BCUT2D eigenvalue weighted by molar-refractivity contribution is 6.03. The molecule has 0 radical (unpaired) electrons. The fourth-order valence-corrected chi connectivity index (χ4v) is 3.55. The smallest absolute Gasteiger partial charge is 0.162 e. The summed E-state index contributed by atoms with van der Waals surface area (Å²) in [6.07, 6.45) is 8.70. The summed E-state index contributed by atoms with van der Waals surface area (Å²) < 4.78 is 13.1. The molecule has 0 amide bonds. The van der Waals surface area contributed by atoms with Crippen molar-refractivity contribution >= 4 is 11.9 Å². The van der Waals surface area contributed by atoms with Crippen LogP contribution in [0.2, 0.25) is 0 Å². The Morgan fingerprint density at radius 2 is 1.95 bits per heavy atom. The number of allylic oxidation sites excluding steroid dienone is 1. The van der Waals surface area contributed by atoms with E-state index in [9.17, 15) is 9.18 Å². The van der Waals surface area contributed by atoms with Crippen LogP contribution < -0.4 is 0 Å². The monoisotopic (exact) mass is 258 g/mol. The number of ketones is 1. The summed E-state index contributed by atoms with van der Waals surface area (Å²) in [5.41, 5.74) is 1.69. The Morgan fingerprint density at radius 1 is 1.16 bits per heavy atom. The summed E-state index contributed by atoms with van der Waals surface area (Å²) in [5, 5.41) is 0. The summed E-state index contributed by atoms with van der Waals surface area (Å²) in [6.45, 7) is 0. The lowest BCUT2D eigenvalue weighted by molar-refractivity contribution is -0.119. The predicted molar refractivity (Wildman–Crippen MR) is 74.1 cm³/mol. The van der Waals surface area contributed by atoms with E-state index in [0.29, 0.717) is 11.7 Å². The van der Waals surface area contributed by atoms with Crippen LogP contribution in [-0.4, -0.2) is 5.78 Å². The van der Waals surface area contributed by atoms with E-state index in [4.69, 9.17) is 0 Å². The minimum atomic E-state index is -0.243. The van der Waals surface area contributed by atoms with Gasteiger partial charge >= 0.3 is 0 Å². The van der Waals surface area contributed by atoms with Crippen molar-refractivity contribution in [2.45, 2.75) is 38.5 Å². The van der Waals surface area contributed by atoms with Gasteiger partial charge in [0.2, 0.25) is 0 Å². The number of Topliss-reactive ketones (excluding diaryl/α,β-unsaturated/α-hetero) is 1. The summed E-state index contributed by atoms with van der Waals surface area (Å²) in [5.74, 6) is 0.913. The van der Waals surface area contributed by atoms with E-state index < -0.39 is 0 Å². The van der Waals surface area contributed by atoms with Crippen LogP contribution in [0.25, 0.3) is 6.08 Å². The molecule has 0 spiro atoms. The molecule has 2 heteroatoms. The first-order valence-electron chi connectivity index (χ1n) is 7.24. The van der Waals surface area contributed by atoms with Gasteiger partial charge in [-0.2, -0.15) is 0 Å². The van der Waals surface area contributed by atoms with E-state index in [1.54, 1.807) is 6.07 Å². The Labute approximate surface area is 113 Å². The fraction of sp³-hybridized carbons (Fsp3) is 0.471. The number of rotatable bonds is 2. The van der Waals surface area contributed by atoms with Crippen LogP contribution in [0.5, 0.6) is 0 Å². The average molecular weight is 258 g/mol. The number of hydrogen-bond donors (Lipinski definition) is 0. The SMILES string of the molecule is O=C1/C(=C/c2cccc(F)c2)CC[C@H]1C1CCCC1. The van der Waals surface area contributed by atoms with Crippen molar-refractivity contribution < 1.29 is 9.18 Å². The normalized spacial score (nSPS) is 26.5. The minimum Gasteiger partial charge on any atom is -0.294 e. The Hall–Kier alpha value is -1.44. The Balaban J connectivity index is 1.77. The lowest BCUT2D eigenvalue weighted by atomic mass is 9.88. The van der Waals surface area contributed by atoms with Gasteiger partial charge in [0.15, 0.2) is 5.78 Å². The second-order valence-corrected chi connectivity index (χ2v) is 5.78. The summed E-state index contributed by atoms with van der Waals surface area (Å²) in [6, 6.07) is 6.46. The van der Waals surface area contributed by atoms with Crippen LogP contribution in [0.1, 0.15) is 44.1 Å². The van der Waals surface area contributed by atoms with Crippen molar-refractivity contribution in [1.29, 1.82) is 0 Å². The van der Waals surface area contributed by atoms with Crippen molar-refractivity contribution in [3.8, 4) is 0 Å². The van der Waals surface area contributed by atoms with Gasteiger partial charge in [-0.3, -0.25) is 4.79 Å². The first-order valence-corrected chi connectivity index (χ1v) is 7.24. The number of hydrogen-bond acceptors (Lipinski definition) is 1. The van der Waals surface area contributed by atoms with Gasteiger partial charge in [0.1, 0.15) is 5.82 Å². The Kier molecular flexibility index (Phi) is 3.50. The van der Waals surface area contributed by atoms with Gasteiger partial charge in [0, 0.05) is 5.92 Å². The first kappa shape index (κ1) is 12.6. The molecular weight excluding hydrogens is 239 g/mol. The Bertz CT molecular complexity index is 512. The van der Waals surface area contributed by atoms with Gasteiger partial charge in [-0.05, 0) is 60.9 Å². The van der Waals surface area contributed by atoms with E-state index in [2.05, 4.69) is 0 Å². The molecule has 19 heavy (non-hydrogen) atoms. The molecule has 2 aliphatic carbocycles. The van der Waals surface area contributed by atoms with Crippen LogP contribution in [0.15, 0.2) is 29.8 Å². The molecule has 100 valence electrons. The zero-order valence-electron chi connectivity index (χ0n) is 11.1. The molecule has 0 saturated heterocycles. The average Bonchev–Trinajstić information content (AvgIpc) is 3.01. The zero-order valence-corrected chi connectivity index (χ0v) is 11.1. The van der Waals surface area contributed by atoms with E-state index >= 15 is 0 Å². The highest BCUT2D eigenvalue weighted by Crippen LogP contribution is 2.40. The van der Waals surface area contributed by atoms with Crippen LogP contribution in [0, 0.1) is 17.7 Å².